The highest BCUT2D eigenvalue weighted by Crippen LogP contribution is 2.32. The Morgan fingerprint density at radius 2 is 1.95 bits per heavy atom. The number of nitrogens with one attached hydrogen (secondary N) is 2. The molecule has 0 fully saturated rings. The van der Waals surface area contributed by atoms with E-state index >= 15 is 0 Å². The fourth-order valence-electron chi connectivity index (χ4n) is 2.11. The highest BCUT2D eigenvalue weighted by Gasteiger charge is 2.25. The van der Waals surface area contributed by atoms with Gasteiger partial charge in [-0.25, -0.2) is 9.59 Å². The zero-order valence-corrected chi connectivity index (χ0v) is 12.6. The highest BCUT2D eigenvalue weighted by molar-refractivity contribution is 5.92. The number of carboxylic acid groups (broad SMARTS) is 1. The molecule has 120 valence electrons. The Bertz CT molecular complexity index is 561. The molecular formula is C15H20N2O5. The number of carbonyl (C=O) groups is 2. The Balaban J connectivity index is 2.00. The van der Waals surface area contributed by atoms with Gasteiger partial charge in [0, 0.05) is 11.8 Å². The molecule has 22 heavy (non-hydrogen) atoms. The molecule has 0 saturated heterocycles. The number of aliphatic carboxylic acids is 1. The van der Waals surface area contributed by atoms with E-state index in [-0.39, 0.29) is 5.92 Å². The Morgan fingerprint density at radius 3 is 2.59 bits per heavy atom. The molecule has 0 unspecified atom stereocenters. The van der Waals surface area contributed by atoms with Crippen LogP contribution in [0, 0.1) is 5.92 Å². The topological polar surface area (TPSA) is 96.9 Å². The monoisotopic (exact) mass is 308 g/mol. The molecule has 1 aromatic carbocycles. The molecule has 1 aromatic rings. The lowest BCUT2D eigenvalue weighted by Crippen LogP contribution is -2.46. The van der Waals surface area contributed by atoms with Gasteiger partial charge in [0.2, 0.25) is 0 Å². The van der Waals surface area contributed by atoms with Crippen LogP contribution in [0.25, 0.3) is 0 Å². The third-order valence-corrected chi connectivity index (χ3v) is 3.57. The van der Waals surface area contributed by atoms with Crippen molar-refractivity contribution < 1.29 is 24.2 Å². The van der Waals surface area contributed by atoms with Crippen molar-refractivity contribution in [2.75, 3.05) is 18.5 Å². The molecule has 7 heteroatoms. The first-order chi connectivity index (χ1) is 10.5. The summed E-state index contributed by atoms with van der Waals surface area (Å²) in [7, 11) is 0. The number of urea groups is 1. The largest absolute Gasteiger partial charge is 0.486 e. The van der Waals surface area contributed by atoms with Gasteiger partial charge in [-0.3, -0.25) is 0 Å². The number of rotatable bonds is 5. The molecule has 0 aliphatic carbocycles. The molecule has 2 rings (SSSR count). The fraction of sp³-hybridized carbons (Fsp3) is 0.467. The van der Waals surface area contributed by atoms with E-state index in [1.807, 2.05) is 6.92 Å². The van der Waals surface area contributed by atoms with Gasteiger partial charge in [-0.1, -0.05) is 20.3 Å². The van der Waals surface area contributed by atoms with Gasteiger partial charge in [0.25, 0.3) is 0 Å². The van der Waals surface area contributed by atoms with Gasteiger partial charge in [-0.05, 0) is 18.1 Å². The third kappa shape index (κ3) is 3.81. The average molecular weight is 308 g/mol. The minimum Gasteiger partial charge on any atom is -0.486 e. The van der Waals surface area contributed by atoms with Gasteiger partial charge in [-0.2, -0.15) is 0 Å². The van der Waals surface area contributed by atoms with Crippen LogP contribution in [0.3, 0.4) is 0 Å². The number of anilines is 1. The summed E-state index contributed by atoms with van der Waals surface area (Å²) < 4.78 is 10.8. The molecule has 0 aromatic heterocycles. The van der Waals surface area contributed by atoms with Gasteiger partial charge in [0.1, 0.15) is 19.3 Å². The minimum atomic E-state index is -1.05. The van der Waals surface area contributed by atoms with Gasteiger partial charge in [0.05, 0.1) is 0 Å². The van der Waals surface area contributed by atoms with Crippen molar-refractivity contribution in [3.05, 3.63) is 18.2 Å². The Hall–Kier alpha value is -2.44. The molecule has 1 aliphatic heterocycles. The van der Waals surface area contributed by atoms with Crippen molar-refractivity contribution in [3.63, 3.8) is 0 Å². The van der Waals surface area contributed by atoms with Gasteiger partial charge in [0.15, 0.2) is 11.5 Å². The smallest absolute Gasteiger partial charge is 0.326 e. The first kappa shape index (κ1) is 15.9. The van der Waals surface area contributed by atoms with Gasteiger partial charge < -0.3 is 25.2 Å². The summed E-state index contributed by atoms with van der Waals surface area (Å²) in [6.07, 6.45) is 0.654. The summed E-state index contributed by atoms with van der Waals surface area (Å²) in [6.45, 7) is 4.61. The number of hydrogen-bond acceptors (Lipinski definition) is 4. The summed E-state index contributed by atoms with van der Waals surface area (Å²) in [5.41, 5.74) is 0.509. The number of ether oxygens (including phenoxy) is 2. The van der Waals surface area contributed by atoms with E-state index in [0.29, 0.717) is 36.8 Å². The molecule has 1 heterocycles. The SMILES string of the molecule is CC[C@@H](C)[C@H](NC(=O)Nc1ccc2c(c1)OCCO2)C(=O)O. The van der Waals surface area contributed by atoms with Crippen molar-refractivity contribution in [1.29, 1.82) is 0 Å². The maximum absolute atomic E-state index is 12.0. The first-order valence-electron chi connectivity index (χ1n) is 7.21. The van der Waals surface area contributed by atoms with E-state index < -0.39 is 18.0 Å². The second kappa shape index (κ2) is 7.02. The maximum Gasteiger partial charge on any atom is 0.326 e. The lowest BCUT2D eigenvalue weighted by atomic mass is 9.99. The first-order valence-corrected chi connectivity index (χ1v) is 7.21. The Labute approximate surface area is 128 Å². The lowest BCUT2D eigenvalue weighted by Gasteiger charge is -2.21. The van der Waals surface area contributed by atoms with Crippen molar-refractivity contribution in [2.45, 2.75) is 26.3 Å². The van der Waals surface area contributed by atoms with Crippen LogP contribution >= 0.6 is 0 Å². The quantitative estimate of drug-likeness (QED) is 0.774. The normalized spacial score (nSPS) is 15.5. The van der Waals surface area contributed by atoms with Crippen LogP contribution in [0.1, 0.15) is 20.3 Å². The van der Waals surface area contributed by atoms with Crippen LogP contribution in [0.4, 0.5) is 10.5 Å². The second-order valence-electron chi connectivity index (χ2n) is 5.16. The molecule has 2 atom stereocenters. The van der Waals surface area contributed by atoms with E-state index in [9.17, 15) is 9.59 Å². The molecule has 7 nitrogen and oxygen atoms in total. The predicted octanol–water partition coefficient (Wildman–Crippen LogP) is 2.08. The van der Waals surface area contributed by atoms with E-state index in [1.54, 1.807) is 25.1 Å². The molecule has 0 spiro atoms. The summed E-state index contributed by atoms with van der Waals surface area (Å²) in [5, 5.41) is 14.3. The second-order valence-corrected chi connectivity index (χ2v) is 5.16. The number of hydrogen-bond donors (Lipinski definition) is 3. The maximum atomic E-state index is 12.0. The number of amides is 2. The highest BCUT2D eigenvalue weighted by atomic mass is 16.6. The van der Waals surface area contributed by atoms with Crippen LogP contribution in [0.2, 0.25) is 0 Å². The van der Waals surface area contributed by atoms with Crippen molar-refractivity contribution in [3.8, 4) is 11.5 Å². The van der Waals surface area contributed by atoms with Crippen molar-refractivity contribution >= 4 is 17.7 Å². The van der Waals surface area contributed by atoms with Crippen molar-refractivity contribution in [1.82, 2.24) is 5.32 Å². The van der Waals surface area contributed by atoms with Crippen molar-refractivity contribution in [2.24, 2.45) is 5.92 Å². The number of carbonyl (C=O) groups excluding carboxylic acids is 1. The van der Waals surface area contributed by atoms with Gasteiger partial charge in [-0.15, -0.1) is 0 Å². The standard InChI is InChI=1S/C15H20N2O5/c1-3-9(2)13(14(18)19)17-15(20)16-10-4-5-11-12(8-10)22-7-6-21-11/h4-5,8-9,13H,3,6-7H2,1-2H3,(H,18,19)(H2,16,17,20)/t9-,13+/m1/s1. The summed E-state index contributed by atoms with van der Waals surface area (Å²) in [6, 6.07) is 3.53. The number of fused-ring (bicyclic) bond motifs is 1. The van der Waals surface area contributed by atoms with Crippen LogP contribution in [0.5, 0.6) is 11.5 Å². The molecule has 0 saturated carbocycles. The fourth-order valence-corrected chi connectivity index (χ4v) is 2.11. The Morgan fingerprint density at radius 1 is 1.27 bits per heavy atom. The average Bonchev–Trinajstić information content (AvgIpc) is 2.51. The lowest BCUT2D eigenvalue weighted by molar-refractivity contribution is -0.140. The third-order valence-electron chi connectivity index (χ3n) is 3.57. The molecule has 2 amide bonds. The number of benzene rings is 1. The molecule has 0 bridgehead atoms. The van der Waals surface area contributed by atoms with E-state index in [4.69, 9.17) is 14.6 Å². The molecule has 3 N–H and O–H groups in total. The summed E-state index contributed by atoms with van der Waals surface area (Å²) in [5.74, 6) is -0.0313. The zero-order valence-electron chi connectivity index (χ0n) is 12.6. The van der Waals surface area contributed by atoms with E-state index in [0.717, 1.165) is 0 Å². The minimum absolute atomic E-state index is 0.163. The predicted molar refractivity (Wildman–Crippen MR) is 80.5 cm³/mol. The van der Waals surface area contributed by atoms with Gasteiger partial charge >= 0.3 is 12.0 Å². The zero-order chi connectivity index (χ0) is 16.1. The van der Waals surface area contributed by atoms with Crippen LogP contribution in [-0.4, -0.2) is 36.4 Å². The van der Waals surface area contributed by atoms with Crippen LogP contribution in [-0.2, 0) is 4.79 Å². The molecule has 0 radical (unpaired) electrons. The Kier molecular flexibility index (Phi) is 5.08. The van der Waals surface area contributed by atoms with E-state index in [1.165, 1.54) is 0 Å². The molecule has 1 aliphatic rings. The summed E-state index contributed by atoms with van der Waals surface area (Å²) in [4.78, 5) is 23.2. The van der Waals surface area contributed by atoms with Crippen LogP contribution < -0.4 is 20.1 Å². The molecular weight excluding hydrogens is 288 g/mol. The van der Waals surface area contributed by atoms with Crippen LogP contribution in [0.15, 0.2) is 18.2 Å². The number of carboxylic acids is 1. The summed E-state index contributed by atoms with van der Waals surface area (Å²) >= 11 is 0. The van der Waals surface area contributed by atoms with E-state index in [2.05, 4.69) is 10.6 Å².